The summed E-state index contributed by atoms with van der Waals surface area (Å²) in [6.45, 7) is -1.13. The number of aromatic nitrogens is 14. The topological polar surface area (TPSA) is 383 Å². The van der Waals surface area contributed by atoms with Gasteiger partial charge in [-0.3, -0.25) is 23.7 Å². The van der Waals surface area contributed by atoms with Crippen LogP contribution < -0.4 is 36.9 Å². The molecule has 0 saturated heterocycles. The van der Waals surface area contributed by atoms with Crippen LogP contribution in [0.1, 0.15) is 146 Å². The van der Waals surface area contributed by atoms with E-state index < -0.39 is 98.8 Å². The molecule has 522 valence electrons. The zero-order chi connectivity index (χ0) is 83.3. The number of methoxy groups -OCH3 is 2. The minimum absolute atomic E-state index is 0.00939. The number of hydrogen-bond acceptors (Lipinski definition) is 25. The molecule has 0 unspecified atom stereocenters. The molecule has 0 aromatic carbocycles. The summed E-state index contributed by atoms with van der Waals surface area (Å²) in [5, 5.41) is 46.4. The molecule has 0 radical (unpaired) electrons. The number of rotatable bonds is 19. The molecule has 10 N–H and O–H groups in total. The summed E-state index contributed by atoms with van der Waals surface area (Å²) in [6, 6.07) is 15.8. The predicted octanol–water partition coefficient (Wildman–Crippen LogP) is 12.4. The minimum atomic E-state index is -2.56. The van der Waals surface area contributed by atoms with E-state index in [-0.39, 0.29) is 106 Å². The second-order valence-electron chi connectivity index (χ2n) is 21.9. The Balaban J connectivity index is 0.000000238. The van der Waals surface area contributed by atoms with Gasteiger partial charge in [0, 0.05) is 110 Å². The average molecular weight is 1440 g/mol. The van der Waals surface area contributed by atoms with Gasteiger partial charge in [-0.1, -0.05) is 55.4 Å². The molecule has 0 saturated carbocycles. The van der Waals surface area contributed by atoms with E-state index in [2.05, 4.69) is 76.0 Å². The molecule has 27 nitrogen and oxygen atoms in total. The molecule has 0 aliphatic heterocycles. The Hall–Kier alpha value is -10.4. The van der Waals surface area contributed by atoms with Gasteiger partial charge in [0.2, 0.25) is 17.8 Å². The predicted molar refractivity (Wildman–Crippen MR) is 370 cm³/mol. The number of nitrogens with zero attached hydrogens (tertiary/aromatic N) is 14. The molecule has 0 atom stereocenters. The van der Waals surface area contributed by atoms with Crippen LogP contribution in [0.25, 0.3) is 22.8 Å². The van der Waals surface area contributed by atoms with Crippen molar-refractivity contribution in [3.05, 3.63) is 177 Å². The molecule has 0 fully saturated rings. The molecule has 99 heavy (non-hydrogen) atoms. The largest absolute Gasteiger partial charge is 0.492 e. The number of nitrogen functional groups attached to an aromatic ring is 2. The molecule has 10 aromatic heterocycles. The molecule has 0 aliphatic carbocycles. The lowest BCUT2D eigenvalue weighted by atomic mass is 10.0. The summed E-state index contributed by atoms with van der Waals surface area (Å²) >= 11 is 17.3. The van der Waals surface area contributed by atoms with Crippen molar-refractivity contribution < 1.29 is 68.8 Å². The van der Waals surface area contributed by atoms with Crippen molar-refractivity contribution >= 4 is 98.6 Å². The third-order valence-corrected chi connectivity index (χ3v) is 13.9. The maximum atomic E-state index is 14.6. The summed E-state index contributed by atoms with van der Waals surface area (Å²) < 4.78 is 142. The maximum absolute atomic E-state index is 14.6. The van der Waals surface area contributed by atoms with Gasteiger partial charge in [-0.05, 0) is 96.1 Å². The van der Waals surface area contributed by atoms with E-state index in [1.54, 1.807) is 37.4 Å². The highest BCUT2D eigenvalue weighted by Gasteiger charge is 2.26. The number of Topliss-reactive ketones (excluding diaryl/α,β-unsaturated/α-hetero) is 3. The average Bonchev–Trinajstić information content (AvgIpc) is 1.59. The van der Waals surface area contributed by atoms with Gasteiger partial charge in [0.25, 0.3) is 0 Å². The Morgan fingerprint density at radius 1 is 0.545 bits per heavy atom. The normalized spacial score (nSPS) is 13.4. The number of aryl methyl sites for hydroxylation is 2. The van der Waals surface area contributed by atoms with Crippen LogP contribution in [0.4, 0.5) is 59.6 Å². The summed E-state index contributed by atoms with van der Waals surface area (Å²) in [7, 11) is 4.68. The number of ketones is 3. The van der Waals surface area contributed by atoms with E-state index in [9.17, 15) is 42.9 Å². The van der Waals surface area contributed by atoms with Crippen LogP contribution in [-0.4, -0.2) is 116 Å². The van der Waals surface area contributed by atoms with Gasteiger partial charge in [-0.25, -0.2) is 49.8 Å². The third kappa shape index (κ3) is 21.3. The first-order valence-corrected chi connectivity index (χ1v) is 29.8. The maximum Gasteiger partial charge on any atom is 0.220 e. The van der Waals surface area contributed by atoms with Gasteiger partial charge in [-0.15, -0.1) is 0 Å². The first kappa shape index (κ1) is 61.0. The van der Waals surface area contributed by atoms with Gasteiger partial charge in [0.15, 0.2) is 52.1 Å². The standard InChI is InChI=1S/C25H27FN8O3.C16H17ClFN3O2.C9H11N5O.C8H7Cl2NO.C8H11FN2O/c1-6-18(35)15-12-28-20(31-19-8-7-16(22(26)32-19)25(2,3)36)11-17(15)30-24-21(37-5)14(9-10-27-24)23-29-13-34(4)33-23;1-4-12(22)9-8-19-14(7-11(9)17)20-13-6-5-10(15(18)21-13)16(2,3)23;1-14-5-12-9(13-14)6-3-4-11-8(10)7(6)15-2;1-2-7(12)5-4-11-8(10)3-6(5)9;1-8(2,12)5-3-4-6(10)11-7(5)9/h7-13,36H,6H2,1-5H3,(H2,27,28,30,31,32);5-8,23H,4H2,1-3H3,(H,19,20,21);3-5H,1-2H3,(H2,10,11);3-4H,2H2,1H3;3-4,12H,1-2H3,(H2,10,11)/i1D3,4D3;1D3;;1D3;. The molecule has 10 rings (SSSR count). The van der Waals surface area contributed by atoms with Gasteiger partial charge >= 0.3 is 0 Å². The van der Waals surface area contributed by atoms with Crippen molar-refractivity contribution in [2.45, 2.75) is 98.2 Å². The molecule has 10 heterocycles. The van der Waals surface area contributed by atoms with Crippen LogP contribution in [-0.2, 0) is 30.8 Å². The Morgan fingerprint density at radius 2 is 0.990 bits per heavy atom. The SMILES string of the molecule is CC(C)(O)c1ccc(N)nc1F.COc1c(-c2ncn(C)n2)ccnc1N.[2H]C([2H])([2H])CC(=O)c1cnc(Cl)cc1Cl.[2H]C([2H])([2H])CC(=O)c1cnc(Nc2ccc(C(C)(C)O)c(F)n2)cc1Cl.[2H]C([2H])([2H])CC(=O)c1cnc(Nc2ccc(C(C)(C)O)c(F)n2)cc1Nc1nccc(-c2ncn(C([2H])([2H])[2H])n2)c1OC. The molecule has 0 amide bonds. The van der Waals surface area contributed by atoms with Crippen molar-refractivity contribution in [3.63, 3.8) is 0 Å². The van der Waals surface area contributed by atoms with Crippen LogP contribution in [0.5, 0.6) is 11.5 Å². The summed E-state index contributed by atoms with van der Waals surface area (Å²) in [5.74, 6) is -2.24. The number of hydrogen-bond donors (Lipinski definition) is 8. The van der Waals surface area contributed by atoms with Crippen molar-refractivity contribution in [1.29, 1.82) is 0 Å². The second kappa shape index (κ2) is 34.2. The lowest BCUT2D eigenvalue weighted by Gasteiger charge is -2.18. The Labute approximate surface area is 599 Å². The highest BCUT2D eigenvalue weighted by atomic mass is 35.5. The number of carbonyl (C=O) groups excluding carboxylic acids is 3. The van der Waals surface area contributed by atoms with Crippen LogP contribution in [0, 0.1) is 17.8 Å². The van der Waals surface area contributed by atoms with E-state index in [4.69, 9.17) is 72.2 Å². The fourth-order valence-electron chi connectivity index (χ4n) is 8.29. The molecular formula is C66H73Cl3F3N19O8. The number of anilines is 8. The number of nitrogens with two attached hydrogens (primary N) is 2. The van der Waals surface area contributed by atoms with Crippen LogP contribution in [0.2, 0.25) is 15.2 Å². The first-order chi connectivity index (χ1) is 51.2. The quantitative estimate of drug-likeness (QED) is 0.0275. The number of ether oxygens (including phenoxy) is 2. The van der Waals surface area contributed by atoms with Gasteiger partial charge in [-0.2, -0.15) is 23.4 Å². The lowest BCUT2D eigenvalue weighted by Crippen LogP contribution is -2.18. The molecular weight excluding hydrogens is 1350 g/mol. The van der Waals surface area contributed by atoms with Gasteiger partial charge in [0.05, 0.1) is 74.6 Å². The number of aliphatic hydroxyl groups is 3. The summed E-state index contributed by atoms with van der Waals surface area (Å²) in [5.41, 5.74) is 8.11. The summed E-state index contributed by atoms with van der Waals surface area (Å²) in [4.78, 5) is 75.5. The van der Waals surface area contributed by atoms with Crippen molar-refractivity contribution in [2.75, 3.05) is 41.6 Å². The lowest BCUT2D eigenvalue weighted by molar-refractivity contribution is 0.0730. The smallest absolute Gasteiger partial charge is 0.220 e. The van der Waals surface area contributed by atoms with Crippen LogP contribution >= 0.6 is 34.8 Å². The second-order valence-corrected chi connectivity index (χ2v) is 23.1. The number of pyridine rings is 8. The molecule has 0 bridgehead atoms. The monoisotopic (exact) mass is 1430 g/mol. The Bertz CT molecular complexity index is 4970. The Kier molecular flexibility index (Phi) is 21.1. The molecule has 0 spiro atoms. The number of nitrogens with one attached hydrogen (secondary N) is 3. The highest BCUT2D eigenvalue weighted by molar-refractivity contribution is 6.36. The van der Waals surface area contributed by atoms with Gasteiger partial charge in [0.1, 0.15) is 46.9 Å². The van der Waals surface area contributed by atoms with Crippen LogP contribution in [0.3, 0.4) is 0 Å². The minimum Gasteiger partial charge on any atom is -0.492 e. The fourth-order valence-corrected chi connectivity index (χ4v) is 9.02. The van der Waals surface area contributed by atoms with Crippen molar-refractivity contribution in [3.8, 4) is 34.3 Å². The fraction of sp³-hybridized carbons (Fsp3) is 0.288. The molecule has 33 heteroatoms. The Morgan fingerprint density at radius 3 is 1.44 bits per heavy atom. The zero-order valence-electron chi connectivity index (χ0n) is 66.1. The van der Waals surface area contributed by atoms with Crippen molar-refractivity contribution in [2.24, 2.45) is 14.0 Å². The summed E-state index contributed by atoms with van der Waals surface area (Å²) in [6.07, 6.45) is 7.14. The van der Waals surface area contributed by atoms with Gasteiger partial charge < -0.3 is 52.2 Å². The van der Waals surface area contributed by atoms with E-state index in [0.29, 0.717) is 22.1 Å². The van der Waals surface area contributed by atoms with Crippen molar-refractivity contribution in [1.82, 2.24) is 69.4 Å². The third-order valence-electron chi connectivity index (χ3n) is 13.1. The zero-order valence-corrected chi connectivity index (χ0v) is 56.3. The first-order valence-electron chi connectivity index (χ1n) is 34.7. The van der Waals surface area contributed by atoms with E-state index >= 15 is 0 Å². The number of halogens is 6. The van der Waals surface area contributed by atoms with E-state index in [1.165, 1.54) is 122 Å². The van der Waals surface area contributed by atoms with E-state index in [1.807, 2.05) is 0 Å². The van der Waals surface area contributed by atoms with Crippen LogP contribution in [0.15, 0.2) is 110 Å². The number of carbonyl (C=O) groups is 3. The molecule has 10 aromatic rings. The molecule has 0 aliphatic rings. The van der Waals surface area contributed by atoms with E-state index in [0.717, 1.165) is 24.3 Å². The highest BCUT2D eigenvalue weighted by Crippen LogP contribution is 2.37.